The Bertz CT molecular complexity index is 1240. The molecule has 3 aromatic rings. The van der Waals surface area contributed by atoms with E-state index in [1.54, 1.807) is 18.2 Å². The maximum Gasteiger partial charge on any atom is 0.243 e. The van der Waals surface area contributed by atoms with E-state index in [0.717, 1.165) is 34.3 Å². The predicted molar refractivity (Wildman–Crippen MR) is 133 cm³/mol. The van der Waals surface area contributed by atoms with Crippen LogP contribution in [-0.4, -0.2) is 42.9 Å². The third-order valence-electron chi connectivity index (χ3n) is 5.64. The summed E-state index contributed by atoms with van der Waals surface area (Å²) in [6.45, 7) is 4.48. The van der Waals surface area contributed by atoms with E-state index in [4.69, 9.17) is 5.73 Å². The SMILES string of the molecule is CC(C)CN(CC[C@@H](N)Cc1cc(F)cc(F)c1)S(=O)(=O)c1ccc2nc(NC3CC3)sc2c1. The summed E-state index contributed by atoms with van der Waals surface area (Å²) in [6, 6.07) is 8.38. The van der Waals surface area contributed by atoms with E-state index in [1.165, 1.54) is 27.8 Å². The lowest BCUT2D eigenvalue weighted by Gasteiger charge is -2.25. The highest BCUT2D eigenvalue weighted by molar-refractivity contribution is 7.89. The van der Waals surface area contributed by atoms with Crippen LogP contribution in [0.2, 0.25) is 0 Å². The van der Waals surface area contributed by atoms with E-state index in [0.29, 0.717) is 24.6 Å². The molecule has 2 aromatic carbocycles. The molecule has 0 saturated heterocycles. The van der Waals surface area contributed by atoms with Gasteiger partial charge in [-0.1, -0.05) is 25.2 Å². The summed E-state index contributed by atoms with van der Waals surface area (Å²) in [4.78, 5) is 4.78. The predicted octanol–water partition coefficient (Wildman–Crippen LogP) is 4.76. The van der Waals surface area contributed by atoms with Crippen LogP contribution >= 0.6 is 11.3 Å². The van der Waals surface area contributed by atoms with E-state index < -0.39 is 27.7 Å². The van der Waals surface area contributed by atoms with Crippen LogP contribution in [0.15, 0.2) is 41.3 Å². The molecule has 1 aliphatic rings. The number of rotatable bonds is 11. The van der Waals surface area contributed by atoms with Gasteiger partial charge in [-0.15, -0.1) is 0 Å². The fourth-order valence-corrected chi connectivity index (χ4v) is 6.54. The molecule has 34 heavy (non-hydrogen) atoms. The lowest BCUT2D eigenvalue weighted by Crippen LogP contribution is -2.38. The van der Waals surface area contributed by atoms with E-state index in [-0.39, 0.29) is 23.8 Å². The van der Waals surface area contributed by atoms with E-state index in [2.05, 4.69) is 10.3 Å². The zero-order valence-corrected chi connectivity index (χ0v) is 20.9. The summed E-state index contributed by atoms with van der Waals surface area (Å²) in [5.41, 5.74) is 7.43. The van der Waals surface area contributed by atoms with Crippen molar-refractivity contribution in [1.29, 1.82) is 0 Å². The Morgan fingerprint density at radius 1 is 1.18 bits per heavy atom. The van der Waals surface area contributed by atoms with Crippen molar-refractivity contribution in [1.82, 2.24) is 9.29 Å². The highest BCUT2D eigenvalue weighted by atomic mass is 32.2. The first-order chi connectivity index (χ1) is 16.1. The van der Waals surface area contributed by atoms with Crippen molar-refractivity contribution >= 4 is 36.7 Å². The second-order valence-corrected chi connectivity index (χ2v) is 12.3. The summed E-state index contributed by atoms with van der Waals surface area (Å²) in [6.07, 6.45) is 2.89. The number of nitrogens with two attached hydrogens (primary N) is 1. The number of thiazole rings is 1. The highest BCUT2D eigenvalue weighted by Crippen LogP contribution is 2.32. The minimum Gasteiger partial charge on any atom is -0.359 e. The van der Waals surface area contributed by atoms with Crippen LogP contribution in [0.1, 0.15) is 38.7 Å². The third kappa shape index (κ3) is 6.29. The average molecular weight is 509 g/mol. The molecule has 1 heterocycles. The molecule has 0 spiro atoms. The van der Waals surface area contributed by atoms with Crippen molar-refractivity contribution in [3.8, 4) is 0 Å². The van der Waals surface area contributed by atoms with Gasteiger partial charge in [-0.2, -0.15) is 4.31 Å². The molecular weight excluding hydrogens is 478 g/mol. The monoisotopic (exact) mass is 508 g/mol. The topological polar surface area (TPSA) is 88.3 Å². The summed E-state index contributed by atoms with van der Waals surface area (Å²) in [7, 11) is -3.75. The van der Waals surface area contributed by atoms with Crippen molar-refractivity contribution in [3.05, 3.63) is 53.6 Å². The molecule has 1 fully saturated rings. The molecule has 10 heteroatoms. The number of fused-ring (bicyclic) bond motifs is 1. The second kappa shape index (κ2) is 10.2. The Morgan fingerprint density at radius 3 is 2.53 bits per heavy atom. The highest BCUT2D eigenvalue weighted by Gasteiger charge is 2.27. The van der Waals surface area contributed by atoms with Gasteiger partial charge < -0.3 is 11.1 Å². The minimum absolute atomic E-state index is 0.116. The maximum absolute atomic E-state index is 13.5. The van der Waals surface area contributed by atoms with Gasteiger partial charge in [0.25, 0.3) is 0 Å². The Hall–Kier alpha value is -2.14. The number of hydrogen-bond donors (Lipinski definition) is 2. The third-order valence-corrected chi connectivity index (χ3v) is 8.45. The lowest BCUT2D eigenvalue weighted by atomic mass is 10.0. The summed E-state index contributed by atoms with van der Waals surface area (Å²) in [5.74, 6) is -1.19. The molecule has 0 radical (unpaired) electrons. The van der Waals surface area contributed by atoms with Crippen LogP contribution < -0.4 is 11.1 Å². The number of anilines is 1. The first-order valence-electron chi connectivity index (χ1n) is 11.5. The normalized spacial score (nSPS) is 15.4. The van der Waals surface area contributed by atoms with Gasteiger partial charge in [0.1, 0.15) is 11.6 Å². The quantitative estimate of drug-likeness (QED) is 0.390. The van der Waals surface area contributed by atoms with E-state index >= 15 is 0 Å². The van der Waals surface area contributed by atoms with Gasteiger partial charge in [0.15, 0.2) is 5.13 Å². The Labute approximate surface area is 203 Å². The van der Waals surface area contributed by atoms with Crippen LogP contribution in [0.25, 0.3) is 10.2 Å². The first kappa shape index (κ1) is 25.0. The van der Waals surface area contributed by atoms with Gasteiger partial charge in [-0.3, -0.25) is 0 Å². The standard InChI is InChI=1S/C24H30F2N4O2S2/c1-15(2)14-30(8-7-19(27)11-16-9-17(25)12-18(26)10-16)34(31,32)21-5-6-22-23(13-21)33-24(29-22)28-20-3-4-20/h5-6,9-10,12-13,15,19-20H,3-4,7-8,11,14,27H2,1-2H3,(H,28,29)/t19-/m1/s1. The summed E-state index contributed by atoms with van der Waals surface area (Å²) >= 11 is 1.46. The first-order valence-corrected chi connectivity index (χ1v) is 13.7. The molecule has 4 rings (SSSR count). The number of nitrogens with zero attached hydrogens (tertiary/aromatic N) is 2. The number of benzene rings is 2. The molecule has 0 bridgehead atoms. The van der Waals surface area contributed by atoms with E-state index in [9.17, 15) is 17.2 Å². The Morgan fingerprint density at radius 2 is 1.88 bits per heavy atom. The minimum atomic E-state index is -3.75. The molecule has 1 atom stereocenters. The Balaban J connectivity index is 1.48. The van der Waals surface area contributed by atoms with Crippen LogP contribution in [0.5, 0.6) is 0 Å². The van der Waals surface area contributed by atoms with Crippen molar-refractivity contribution in [2.75, 3.05) is 18.4 Å². The molecule has 0 aliphatic heterocycles. The van der Waals surface area contributed by atoms with Gasteiger partial charge in [0.2, 0.25) is 10.0 Å². The average Bonchev–Trinajstić information content (AvgIpc) is 3.45. The van der Waals surface area contributed by atoms with Gasteiger partial charge in [-0.25, -0.2) is 22.2 Å². The van der Waals surface area contributed by atoms with E-state index in [1.807, 2.05) is 13.8 Å². The smallest absolute Gasteiger partial charge is 0.243 e. The van der Waals surface area contributed by atoms with Gasteiger partial charge in [0.05, 0.1) is 15.1 Å². The zero-order chi connectivity index (χ0) is 24.5. The molecule has 3 N–H and O–H groups in total. The fourth-order valence-electron chi connectivity index (χ4n) is 3.84. The molecule has 1 aliphatic carbocycles. The maximum atomic E-state index is 13.5. The number of halogens is 2. The molecule has 1 saturated carbocycles. The van der Waals surface area contributed by atoms with Gasteiger partial charge >= 0.3 is 0 Å². The van der Waals surface area contributed by atoms with Crippen molar-refractivity contribution in [2.24, 2.45) is 11.7 Å². The molecule has 6 nitrogen and oxygen atoms in total. The van der Waals surface area contributed by atoms with Gasteiger partial charge in [-0.05, 0) is 67.5 Å². The zero-order valence-electron chi connectivity index (χ0n) is 19.3. The molecule has 0 amide bonds. The molecule has 184 valence electrons. The number of nitrogens with one attached hydrogen (secondary N) is 1. The van der Waals surface area contributed by atoms with Crippen molar-refractivity contribution in [2.45, 2.75) is 56.5 Å². The second-order valence-electron chi connectivity index (χ2n) is 9.35. The Kier molecular flexibility index (Phi) is 7.51. The van der Waals surface area contributed by atoms with Crippen molar-refractivity contribution in [3.63, 3.8) is 0 Å². The van der Waals surface area contributed by atoms with Crippen LogP contribution in [0.4, 0.5) is 13.9 Å². The largest absolute Gasteiger partial charge is 0.359 e. The lowest BCUT2D eigenvalue weighted by molar-refractivity contribution is 0.351. The molecular formula is C24H30F2N4O2S2. The summed E-state index contributed by atoms with van der Waals surface area (Å²) < 4.78 is 56.3. The number of sulfonamides is 1. The van der Waals surface area contributed by atoms with Crippen LogP contribution in [0.3, 0.4) is 0 Å². The fraction of sp³-hybridized carbons (Fsp3) is 0.458. The van der Waals surface area contributed by atoms with Crippen molar-refractivity contribution < 1.29 is 17.2 Å². The molecule has 1 aromatic heterocycles. The van der Waals surface area contributed by atoms with Crippen LogP contribution in [-0.2, 0) is 16.4 Å². The summed E-state index contributed by atoms with van der Waals surface area (Å²) in [5, 5.41) is 4.17. The van der Waals surface area contributed by atoms with Gasteiger partial charge in [0, 0.05) is 31.2 Å². The van der Waals surface area contributed by atoms with Crippen LogP contribution in [0, 0.1) is 17.6 Å². The number of aromatic nitrogens is 1. The molecule has 0 unspecified atom stereocenters. The number of hydrogen-bond acceptors (Lipinski definition) is 6.